The highest BCUT2D eigenvalue weighted by Gasteiger charge is 2.33. The highest BCUT2D eigenvalue weighted by Crippen LogP contribution is 2.47. The van der Waals surface area contributed by atoms with E-state index in [-0.39, 0.29) is 12.0 Å². The highest BCUT2D eigenvalue weighted by atomic mass is 16.6. The summed E-state index contributed by atoms with van der Waals surface area (Å²) in [5.41, 5.74) is 4.23. The Balaban J connectivity index is 1.14. The van der Waals surface area contributed by atoms with Crippen molar-refractivity contribution >= 4 is 23.6 Å². The molecule has 2 amide bonds. The quantitative estimate of drug-likeness (QED) is 0.699. The number of carbonyl (C=O) groups is 2. The Hall–Kier alpha value is -3.16. The molecule has 2 aliphatic carbocycles. The van der Waals surface area contributed by atoms with Crippen LogP contribution < -0.4 is 9.80 Å². The summed E-state index contributed by atoms with van der Waals surface area (Å²) < 4.78 is 4.99. The lowest BCUT2D eigenvalue weighted by molar-refractivity contribution is 0.0745. The first-order valence-electron chi connectivity index (χ1n) is 12.0. The molecule has 4 heterocycles. The zero-order valence-electron chi connectivity index (χ0n) is 19.0. The second-order valence-electron chi connectivity index (χ2n) is 9.63. The normalized spacial score (nSPS) is 20.9. The molecule has 2 saturated heterocycles. The van der Waals surface area contributed by atoms with Crippen LogP contribution in [0, 0.1) is 6.92 Å². The standard InChI is InChI=1S/C25H29N5O3/c1-16-12-22(30-10-11-33-25(30)32)26-15-21(16)24(31)29-8-6-28(7-9-29)23-20(18-4-5-18)13-19(14-27-23)17-2-3-17/h12-15,17-18H,2-11H2,1H3. The molecule has 33 heavy (non-hydrogen) atoms. The molecule has 0 N–H and O–H groups in total. The number of hydrogen-bond donors (Lipinski definition) is 0. The number of ether oxygens (including phenoxy) is 1. The smallest absolute Gasteiger partial charge is 0.415 e. The Morgan fingerprint density at radius 3 is 2.36 bits per heavy atom. The third-order valence-electron chi connectivity index (χ3n) is 7.21. The minimum atomic E-state index is -0.388. The van der Waals surface area contributed by atoms with E-state index in [1.54, 1.807) is 12.3 Å². The number of carbonyl (C=O) groups excluding carboxylic acids is 2. The summed E-state index contributed by atoms with van der Waals surface area (Å²) in [7, 11) is 0. The van der Waals surface area contributed by atoms with Crippen LogP contribution in [-0.4, -0.2) is 66.2 Å². The second kappa shape index (κ2) is 8.01. The van der Waals surface area contributed by atoms with Crippen molar-refractivity contribution in [2.45, 2.75) is 44.4 Å². The molecule has 4 fully saturated rings. The minimum absolute atomic E-state index is 0.00495. The zero-order chi connectivity index (χ0) is 22.5. The molecule has 4 aliphatic rings. The van der Waals surface area contributed by atoms with Crippen LogP contribution in [0.4, 0.5) is 16.4 Å². The van der Waals surface area contributed by atoms with Gasteiger partial charge in [-0.05, 0) is 67.2 Å². The summed E-state index contributed by atoms with van der Waals surface area (Å²) in [6, 6.07) is 4.20. The third-order valence-corrected chi connectivity index (χ3v) is 7.21. The predicted molar refractivity (Wildman–Crippen MR) is 124 cm³/mol. The molecule has 6 rings (SSSR count). The van der Waals surface area contributed by atoms with Gasteiger partial charge in [0.15, 0.2) is 0 Å². The summed E-state index contributed by atoms with van der Waals surface area (Å²) in [5.74, 6) is 3.02. The molecule has 8 nitrogen and oxygen atoms in total. The largest absolute Gasteiger partial charge is 0.447 e. The summed E-state index contributed by atoms with van der Waals surface area (Å²) in [6.45, 7) is 5.63. The van der Waals surface area contributed by atoms with E-state index in [1.807, 2.05) is 11.8 Å². The van der Waals surface area contributed by atoms with Crippen molar-refractivity contribution in [1.29, 1.82) is 0 Å². The Kier molecular flexibility index (Phi) is 4.96. The molecular formula is C25H29N5O3. The SMILES string of the molecule is Cc1cc(N2CCOC2=O)ncc1C(=O)N1CCN(c2ncc(C3CC3)cc2C2CC2)CC1. The van der Waals surface area contributed by atoms with Crippen LogP contribution >= 0.6 is 0 Å². The number of piperazine rings is 1. The van der Waals surface area contributed by atoms with Crippen molar-refractivity contribution in [1.82, 2.24) is 14.9 Å². The van der Waals surface area contributed by atoms with Gasteiger partial charge < -0.3 is 14.5 Å². The Bertz CT molecular complexity index is 1100. The lowest BCUT2D eigenvalue weighted by atomic mass is 10.1. The Morgan fingerprint density at radius 1 is 0.970 bits per heavy atom. The summed E-state index contributed by atoms with van der Waals surface area (Å²) in [5, 5.41) is 0. The van der Waals surface area contributed by atoms with E-state index >= 15 is 0 Å². The van der Waals surface area contributed by atoms with Gasteiger partial charge in [0.05, 0.1) is 12.1 Å². The lowest BCUT2D eigenvalue weighted by Crippen LogP contribution is -2.49. The van der Waals surface area contributed by atoms with E-state index in [0.29, 0.717) is 43.5 Å². The summed E-state index contributed by atoms with van der Waals surface area (Å²) >= 11 is 0. The van der Waals surface area contributed by atoms with Gasteiger partial charge in [-0.25, -0.2) is 14.8 Å². The van der Waals surface area contributed by atoms with Crippen LogP contribution in [0.5, 0.6) is 0 Å². The van der Waals surface area contributed by atoms with Crippen molar-refractivity contribution < 1.29 is 14.3 Å². The average Bonchev–Trinajstić information content (AvgIpc) is 3.76. The Morgan fingerprint density at radius 2 is 1.73 bits per heavy atom. The number of amides is 2. The first kappa shape index (κ1) is 20.4. The topological polar surface area (TPSA) is 78.9 Å². The average molecular weight is 448 g/mol. The maximum atomic E-state index is 13.2. The molecule has 0 spiro atoms. The molecular weight excluding hydrogens is 418 g/mol. The minimum Gasteiger partial charge on any atom is -0.447 e. The van der Waals surface area contributed by atoms with Gasteiger partial charge in [-0.2, -0.15) is 0 Å². The van der Waals surface area contributed by atoms with Crippen LogP contribution in [0.15, 0.2) is 24.5 Å². The lowest BCUT2D eigenvalue weighted by Gasteiger charge is -2.36. The molecule has 2 aliphatic heterocycles. The van der Waals surface area contributed by atoms with Gasteiger partial charge in [-0.3, -0.25) is 9.69 Å². The van der Waals surface area contributed by atoms with Gasteiger partial charge in [0.1, 0.15) is 18.2 Å². The maximum Gasteiger partial charge on any atom is 0.415 e. The monoisotopic (exact) mass is 447 g/mol. The van der Waals surface area contributed by atoms with E-state index < -0.39 is 0 Å². The van der Waals surface area contributed by atoms with Crippen molar-refractivity contribution in [2.75, 3.05) is 49.1 Å². The number of cyclic esters (lactones) is 1. The number of aromatic nitrogens is 2. The van der Waals surface area contributed by atoms with Crippen molar-refractivity contribution in [3.05, 3.63) is 46.8 Å². The van der Waals surface area contributed by atoms with Crippen LogP contribution in [0.2, 0.25) is 0 Å². The second-order valence-corrected chi connectivity index (χ2v) is 9.63. The molecule has 0 unspecified atom stereocenters. The summed E-state index contributed by atoms with van der Waals surface area (Å²) in [4.78, 5) is 40.0. The molecule has 0 radical (unpaired) electrons. The number of aryl methyl sites for hydroxylation is 1. The van der Waals surface area contributed by atoms with Gasteiger partial charge in [0.2, 0.25) is 0 Å². The van der Waals surface area contributed by atoms with Gasteiger partial charge >= 0.3 is 6.09 Å². The number of anilines is 2. The third kappa shape index (κ3) is 3.92. The van der Waals surface area contributed by atoms with Crippen molar-refractivity contribution in [3.63, 3.8) is 0 Å². The fourth-order valence-electron chi connectivity index (χ4n) is 4.90. The molecule has 2 aromatic heterocycles. The zero-order valence-corrected chi connectivity index (χ0v) is 19.0. The molecule has 0 bridgehead atoms. The van der Waals surface area contributed by atoms with E-state index in [9.17, 15) is 9.59 Å². The first-order chi connectivity index (χ1) is 16.1. The fourth-order valence-corrected chi connectivity index (χ4v) is 4.90. The predicted octanol–water partition coefficient (Wildman–Crippen LogP) is 3.46. The van der Waals surface area contributed by atoms with Crippen LogP contribution in [0.3, 0.4) is 0 Å². The van der Waals surface area contributed by atoms with Gasteiger partial charge in [-0.1, -0.05) is 6.07 Å². The van der Waals surface area contributed by atoms with Crippen LogP contribution in [0.1, 0.15) is 64.6 Å². The van der Waals surface area contributed by atoms with Crippen LogP contribution in [0.25, 0.3) is 0 Å². The summed E-state index contributed by atoms with van der Waals surface area (Å²) in [6.07, 6.45) is 8.39. The maximum absolute atomic E-state index is 13.2. The first-order valence-corrected chi connectivity index (χ1v) is 12.0. The van der Waals surface area contributed by atoms with E-state index in [2.05, 4.69) is 22.1 Å². The molecule has 2 aromatic rings. The molecule has 172 valence electrons. The molecule has 0 atom stereocenters. The molecule has 0 aromatic carbocycles. The number of nitrogens with zero attached hydrogens (tertiary/aromatic N) is 5. The van der Waals surface area contributed by atoms with Crippen LogP contribution in [-0.2, 0) is 4.74 Å². The number of hydrogen-bond acceptors (Lipinski definition) is 6. The van der Waals surface area contributed by atoms with Gasteiger partial charge in [-0.15, -0.1) is 0 Å². The van der Waals surface area contributed by atoms with Gasteiger partial charge in [0.25, 0.3) is 5.91 Å². The van der Waals surface area contributed by atoms with E-state index in [1.165, 1.54) is 41.7 Å². The Labute approximate surface area is 193 Å². The number of pyridine rings is 2. The van der Waals surface area contributed by atoms with Crippen molar-refractivity contribution in [2.24, 2.45) is 0 Å². The van der Waals surface area contributed by atoms with Gasteiger partial charge in [0, 0.05) is 38.6 Å². The van der Waals surface area contributed by atoms with E-state index in [4.69, 9.17) is 9.72 Å². The molecule has 2 saturated carbocycles. The fraction of sp³-hybridized carbons (Fsp3) is 0.520. The number of rotatable bonds is 5. The highest BCUT2D eigenvalue weighted by molar-refractivity contribution is 5.96. The molecule has 8 heteroatoms. The van der Waals surface area contributed by atoms with E-state index in [0.717, 1.165) is 30.4 Å². The van der Waals surface area contributed by atoms with Crippen molar-refractivity contribution in [3.8, 4) is 0 Å².